The highest BCUT2D eigenvalue weighted by molar-refractivity contribution is 5.84. The molecular formula is C14H24N2O2. The zero-order valence-electron chi connectivity index (χ0n) is 11.2. The fourth-order valence-electron chi connectivity index (χ4n) is 3.65. The summed E-state index contributed by atoms with van der Waals surface area (Å²) in [6, 6.07) is 0.0647. The lowest BCUT2D eigenvalue weighted by atomic mass is 9.87. The minimum absolute atomic E-state index is 0.152. The van der Waals surface area contributed by atoms with Crippen molar-refractivity contribution < 1.29 is 9.59 Å². The van der Waals surface area contributed by atoms with E-state index in [1.807, 2.05) is 6.92 Å². The van der Waals surface area contributed by atoms with Gasteiger partial charge in [0.2, 0.25) is 5.91 Å². The van der Waals surface area contributed by atoms with Crippen LogP contribution in [0.15, 0.2) is 0 Å². The van der Waals surface area contributed by atoms with Crippen LogP contribution in [-0.4, -0.2) is 35.2 Å². The molecule has 4 nitrogen and oxygen atoms in total. The van der Waals surface area contributed by atoms with Crippen LogP contribution < -0.4 is 5.73 Å². The fourth-order valence-corrected chi connectivity index (χ4v) is 3.65. The third-order valence-corrected chi connectivity index (χ3v) is 4.52. The zero-order valence-corrected chi connectivity index (χ0v) is 11.2. The summed E-state index contributed by atoms with van der Waals surface area (Å²) >= 11 is 0. The van der Waals surface area contributed by atoms with Gasteiger partial charge in [0.25, 0.3) is 0 Å². The van der Waals surface area contributed by atoms with E-state index in [0.29, 0.717) is 5.78 Å². The highest BCUT2D eigenvalue weighted by Gasteiger charge is 2.40. The lowest BCUT2D eigenvalue weighted by Crippen LogP contribution is -2.54. The molecule has 2 rings (SSSR count). The molecule has 4 heteroatoms. The second-order valence-electron chi connectivity index (χ2n) is 5.59. The number of rotatable bonds is 4. The Balaban J connectivity index is 2.14. The maximum absolute atomic E-state index is 12.0. The van der Waals surface area contributed by atoms with Crippen molar-refractivity contribution in [2.24, 2.45) is 11.7 Å². The molecule has 2 N–H and O–H groups in total. The van der Waals surface area contributed by atoms with Gasteiger partial charge in [0.05, 0.1) is 6.04 Å². The first-order chi connectivity index (χ1) is 8.65. The van der Waals surface area contributed by atoms with E-state index in [-0.39, 0.29) is 23.9 Å². The van der Waals surface area contributed by atoms with Crippen molar-refractivity contribution in [1.29, 1.82) is 0 Å². The van der Waals surface area contributed by atoms with Gasteiger partial charge in [0, 0.05) is 18.4 Å². The molecule has 0 radical (unpaired) electrons. The van der Waals surface area contributed by atoms with Crippen LogP contribution in [-0.2, 0) is 9.59 Å². The molecule has 2 fully saturated rings. The van der Waals surface area contributed by atoms with E-state index in [9.17, 15) is 9.59 Å². The number of carbonyl (C=O) groups is 2. The van der Waals surface area contributed by atoms with E-state index in [0.717, 1.165) is 45.1 Å². The van der Waals surface area contributed by atoms with Gasteiger partial charge in [0.1, 0.15) is 5.78 Å². The number of carbonyl (C=O) groups excluding carboxylic acids is 2. The maximum atomic E-state index is 12.0. The Hall–Kier alpha value is -0.900. The summed E-state index contributed by atoms with van der Waals surface area (Å²) in [5.41, 5.74) is 5.51. The molecule has 1 amide bonds. The summed E-state index contributed by atoms with van der Waals surface area (Å²) in [6.07, 6.45) is 6.80. The van der Waals surface area contributed by atoms with Gasteiger partial charge in [-0.3, -0.25) is 14.5 Å². The van der Waals surface area contributed by atoms with Crippen LogP contribution in [0.2, 0.25) is 0 Å². The summed E-state index contributed by atoms with van der Waals surface area (Å²) in [4.78, 5) is 25.7. The molecule has 102 valence electrons. The van der Waals surface area contributed by atoms with Gasteiger partial charge in [-0.15, -0.1) is 0 Å². The number of likely N-dealkylation sites (tertiary alicyclic amines) is 1. The Morgan fingerprint density at radius 1 is 1.39 bits per heavy atom. The lowest BCUT2D eigenvalue weighted by Gasteiger charge is -2.42. The van der Waals surface area contributed by atoms with Crippen molar-refractivity contribution >= 4 is 11.7 Å². The van der Waals surface area contributed by atoms with Crippen molar-refractivity contribution in [3.63, 3.8) is 0 Å². The fraction of sp³-hybridized carbons (Fsp3) is 0.857. The Labute approximate surface area is 109 Å². The molecule has 3 atom stereocenters. The highest BCUT2D eigenvalue weighted by atomic mass is 16.1. The van der Waals surface area contributed by atoms with Gasteiger partial charge >= 0.3 is 0 Å². The van der Waals surface area contributed by atoms with Crippen molar-refractivity contribution in [2.75, 3.05) is 6.54 Å². The van der Waals surface area contributed by atoms with Crippen molar-refractivity contribution in [2.45, 2.75) is 64.0 Å². The molecule has 0 bridgehead atoms. The largest absolute Gasteiger partial charge is 0.368 e. The number of ketones is 1. The van der Waals surface area contributed by atoms with Crippen LogP contribution in [0.1, 0.15) is 51.9 Å². The van der Waals surface area contributed by atoms with Crippen LogP contribution in [0.5, 0.6) is 0 Å². The summed E-state index contributed by atoms with van der Waals surface area (Å²) in [5.74, 6) is 0.305. The summed E-state index contributed by atoms with van der Waals surface area (Å²) < 4.78 is 0. The van der Waals surface area contributed by atoms with E-state index in [4.69, 9.17) is 5.73 Å². The first kappa shape index (κ1) is 13.5. The van der Waals surface area contributed by atoms with Crippen molar-refractivity contribution in [3.8, 4) is 0 Å². The standard InChI is InChI=1S/C14H24N2O2/c1-2-11(14(15)18)16-9-4-3-7-12(16)10-6-5-8-13(10)17/h10-12H,2-9H2,1H3,(H2,15,18). The van der Waals surface area contributed by atoms with E-state index >= 15 is 0 Å². The second-order valence-corrected chi connectivity index (χ2v) is 5.59. The molecule has 0 spiro atoms. The average Bonchev–Trinajstić information content (AvgIpc) is 2.76. The average molecular weight is 252 g/mol. The number of nitrogens with two attached hydrogens (primary N) is 1. The molecule has 0 aromatic heterocycles. The molecule has 3 unspecified atom stereocenters. The molecule has 18 heavy (non-hydrogen) atoms. The number of nitrogens with zero attached hydrogens (tertiary/aromatic N) is 1. The number of amides is 1. The normalized spacial score (nSPS) is 31.5. The van der Waals surface area contributed by atoms with Gasteiger partial charge in [-0.2, -0.15) is 0 Å². The first-order valence-electron chi connectivity index (χ1n) is 7.23. The summed E-state index contributed by atoms with van der Waals surface area (Å²) in [6.45, 7) is 2.91. The van der Waals surface area contributed by atoms with Gasteiger partial charge in [0.15, 0.2) is 0 Å². The topological polar surface area (TPSA) is 63.4 Å². The van der Waals surface area contributed by atoms with Gasteiger partial charge in [-0.25, -0.2) is 0 Å². The minimum atomic E-state index is -0.241. The van der Waals surface area contributed by atoms with E-state index in [1.165, 1.54) is 6.42 Å². The van der Waals surface area contributed by atoms with Crippen LogP contribution in [0.25, 0.3) is 0 Å². The van der Waals surface area contributed by atoms with E-state index in [1.54, 1.807) is 0 Å². The molecular weight excluding hydrogens is 228 g/mol. The minimum Gasteiger partial charge on any atom is -0.368 e. The predicted octanol–water partition coefficient (Wildman–Crippen LogP) is 1.47. The predicted molar refractivity (Wildman–Crippen MR) is 70.0 cm³/mol. The van der Waals surface area contributed by atoms with Crippen molar-refractivity contribution in [3.05, 3.63) is 0 Å². The Bertz CT molecular complexity index is 320. The molecule has 1 aliphatic carbocycles. The number of primary amides is 1. The third kappa shape index (κ3) is 2.58. The van der Waals surface area contributed by atoms with E-state index < -0.39 is 0 Å². The zero-order chi connectivity index (χ0) is 13.1. The maximum Gasteiger partial charge on any atom is 0.234 e. The Morgan fingerprint density at radius 2 is 2.17 bits per heavy atom. The van der Waals surface area contributed by atoms with Crippen LogP contribution in [0.4, 0.5) is 0 Å². The quantitative estimate of drug-likeness (QED) is 0.824. The number of piperidine rings is 1. The smallest absolute Gasteiger partial charge is 0.234 e. The lowest BCUT2D eigenvalue weighted by molar-refractivity contribution is -0.129. The summed E-state index contributed by atoms with van der Waals surface area (Å²) in [7, 11) is 0. The molecule has 0 aromatic rings. The van der Waals surface area contributed by atoms with Crippen molar-refractivity contribution in [1.82, 2.24) is 4.90 Å². The number of hydrogen-bond acceptors (Lipinski definition) is 3. The van der Waals surface area contributed by atoms with Gasteiger partial charge in [-0.1, -0.05) is 13.3 Å². The van der Waals surface area contributed by atoms with E-state index in [2.05, 4.69) is 4.90 Å². The van der Waals surface area contributed by atoms with Gasteiger partial charge in [-0.05, 0) is 38.6 Å². The van der Waals surface area contributed by atoms with Crippen LogP contribution in [0, 0.1) is 5.92 Å². The Morgan fingerprint density at radius 3 is 2.72 bits per heavy atom. The third-order valence-electron chi connectivity index (χ3n) is 4.52. The molecule has 0 aromatic carbocycles. The van der Waals surface area contributed by atoms with Crippen LogP contribution in [0.3, 0.4) is 0 Å². The first-order valence-corrected chi connectivity index (χ1v) is 7.23. The second kappa shape index (κ2) is 5.83. The number of Topliss-reactive ketones (excluding diaryl/α,β-unsaturated/α-hetero) is 1. The number of hydrogen-bond donors (Lipinski definition) is 1. The molecule has 1 heterocycles. The van der Waals surface area contributed by atoms with Crippen LogP contribution >= 0.6 is 0 Å². The highest BCUT2D eigenvalue weighted by Crippen LogP contribution is 2.34. The molecule has 1 aliphatic heterocycles. The summed E-state index contributed by atoms with van der Waals surface area (Å²) in [5, 5.41) is 0. The van der Waals surface area contributed by atoms with Gasteiger partial charge < -0.3 is 5.73 Å². The SMILES string of the molecule is CCC(C(N)=O)N1CCCCC1C1CCCC1=O. The molecule has 2 aliphatic rings. The molecule has 1 saturated carbocycles. The molecule has 1 saturated heterocycles. The Kier molecular flexibility index (Phi) is 4.38. The monoisotopic (exact) mass is 252 g/mol.